The van der Waals surface area contributed by atoms with E-state index in [1.165, 1.54) is 12.1 Å². The van der Waals surface area contributed by atoms with Gasteiger partial charge in [0.2, 0.25) is 0 Å². The van der Waals surface area contributed by atoms with E-state index in [-0.39, 0.29) is 23.7 Å². The van der Waals surface area contributed by atoms with Crippen LogP contribution in [0.1, 0.15) is 19.4 Å². The lowest BCUT2D eigenvalue weighted by Gasteiger charge is -2.17. The highest BCUT2D eigenvalue weighted by molar-refractivity contribution is 6.36. The average Bonchev–Trinajstić information content (AvgIpc) is 2.87. The third kappa shape index (κ3) is 4.94. The van der Waals surface area contributed by atoms with E-state index < -0.39 is 23.9 Å². The summed E-state index contributed by atoms with van der Waals surface area (Å²) in [6, 6.07) is 11.4. The van der Waals surface area contributed by atoms with Crippen LogP contribution in [0.15, 0.2) is 54.2 Å². The molecule has 0 spiro atoms. The van der Waals surface area contributed by atoms with Gasteiger partial charge < -0.3 is 10.1 Å². The van der Waals surface area contributed by atoms with E-state index in [0.29, 0.717) is 16.3 Å². The highest BCUT2D eigenvalue weighted by Gasteiger charge is 2.39. The fourth-order valence-electron chi connectivity index (χ4n) is 2.99. The van der Waals surface area contributed by atoms with Crippen molar-refractivity contribution < 1.29 is 27.5 Å². The monoisotopic (exact) mass is 438 g/mol. The number of hydrogen-bond acceptors (Lipinski definition) is 4. The lowest BCUT2D eigenvalue weighted by molar-refractivity contribution is -0.274. The molecule has 0 aromatic heterocycles. The Hall–Kier alpha value is -3.00. The normalized spacial score (nSPS) is 14.7. The maximum atomic E-state index is 13.0. The molecule has 2 aromatic rings. The molecule has 0 fully saturated rings. The number of amides is 2. The van der Waals surface area contributed by atoms with Gasteiger partial charge in [-0.2, -0.15) is 0 Å². The molecule has 5 nitrogen and oxygen atoms in total. The number of carbonyl (C=O) groups is 2. The second-order valence-electron chi connectivity index (χ2n) is 7.07. The van der Waals surface area contributed by atoms with Crippen LogP contribution in [0.25, 0.3) is 5.57 Å². The van der Waals surface area contributed by atoms with Crippen LogP contribution in [0, 0.1) is 5.92 Å². The molecule has 2 aromatic carbocycles. The van der Waals surface area contributed by atoms with Crippen LogP contribution in [0.2, 0.25) is 5.02 Å². The van der Waals surface area contributed by atoms with Crippen LogP contribution in [-0.4, -0.2) is 29.6 Å². The topological polar surface area (TPSA) is 58.6 Å². The summed E-state index contributed by atoms with van der Waals surface area (Å²) >= 11 is 5.92. The van der Waals surface area contributed by atoms with E-state index in [4.69, 9.17) is 11.6 Å². The van der Waals surface area contributed by atoms with Gasteiger partial charge in [0.1, 0.15) is 11.4 Å². The Labute approximate surface area is 176 Å². The van der Waals surface area contributed by atoms with Crippen LogP contribution in [0.4, 0.5) is 18.9 Å². The summed E-state index contributed by atoms with van der Waals surface area (Å²) in [5.41, 5.74) is 1.06. The Morgan fingerprint density at radius 1 is 1.00 bits per heavy atom. The summed E-state index contributed by atoms with van der Waals surface area (Å²) in [6.45, 7) is 4.00. The van der Waals surface area contributed by atoms with E-state index in [9.17, 15) is 22.8 Å². The van der Waals surface area contributed by atoms with Gasteiger partial charge in [-0.3, -0.25) is 14.5 Å². The van der Waals surface area contributed by atoms with Crippen molar-refractivity contribution in [3.05, 3.63) is 64.8 Å². The van der Waals surface area contributed by atoms with Crippen molar-refractivity contribution in [3.8, 4) is 5.75 Å². The highest BCUT2D eigenvalue weighted by Crippen LogP contribution is 2.32. The molecule has 3 rings (SSSR count). The third-order valence-electron chi connectivity index (χ3n) is 4.21. The van der Waals surface area contributed by atoms with Crippen LogP contribution in [-0.2, 0) is 9.59 Å². The maximum absolute atomic E-state index is 13.0. The summed E-state index contributed by atoms with van der Waals surface area (Å²) in [6.07, 6.45) is -4.80. The van der Waals surface area contributed by atoms with Gasteiger partial charge in [-0.05, 0) is 47.9 Å². The first-order valence-electron chi connectivity index (χ1n) is 9.04. The number of alkyl halides is 3. The van der Waals surface area contributed by atoms with Gasteiger partial charge in [0.25, 0.3) is 11.8 Å². The second-order valence-corrected chi connectivity index (χ2v) is 7.51. The zero-order valence-electron chi connectivity index (χ0n) is 16.1. The molecule has 2 amide bonds. The molecule has 0 saturated heterocycles. The van der Waals surface area contributed by atoms with E-state index >= 15 is 0 Å². The quantitative estimate of drug-likeness (QED) is 0.638. The Morgan fingerprint density at radius 2 is 1.60 bits per heavy atom. The minimum Gasteiger partial charge on any atom is -0.406 e. The molecule has 30 heavy (non-hydrogen) atoms. The third-order valence-corrected chi connectivity index (χ3v) is 4.46. The summed E-state index contributed by atoms with van der Waals surface area (Å²) < 4.78 is 40.9. The number of ether oxygens (including phenoxy) is 1. The van der Waals surface area contributed by atoms with Crippen molar-refractivity contribution in [1.29, 1.82) is 0 Å². The number of halogens is 4. The molecule has 1 N–H and O–H groups in total. The smallest absolute Gasteiger partial charge is 0.406 e. The van der Waals surface area contributed by atoms with E-state index in [2.05, 4.69) is 10.1 Å². The summed E-state index contributed by atoms with van der Waals surface area (Å²) in [5, 5.41) is 3.35. The van der Waals surface area contributed by atoms with E-state index in [1.54, 1.807) is 24.3 Å². The number of anilines is 1. The summed E-state index contributed by atoms with van der Waals surface area (Å²) in [4.78, 5) is 27.1. The second kappa shape index (κ2) is 8.39. The molecule has 1 aliphatic heterocycles. The van der Waals surface area contributed by atoms with Crippen LogP contribution >= 0.6 is 11.6 Å². The molecule has 0 atom stereocenters. The van der Waals surface area contributed by atoms with Crippen LogP contribution in [0.5, 0.6) is 5.75 Å². The number of carbonyl (C=O) groups excluding carboxylic acids is 2. The fourth-order valence-corrected chi connectivity index (χ4v) is 3.12. The lowest BCUT2D eigenvalue weighted by atomic mass is 10.0. The molecular weight excluding hydrogens is 421 g/mol. The van der Waals surface area contributed by atoms with Gasteiger partial charge in [-0.15, -0.1) is 13.2 Å². The van der Waals surface area contributed by atoms with Crippen molar-refractivity contribution in [2.45, 2.75) is 20.2 Å². The summed E-state index contributed by atoms with van der Waals surface area (Å²) in [7, 11) is 0. The maximum Gasteiger partial charge on any atom is 0.573 e. The van der Waals surface area contributed by atoms with Crippen LogP contribution in [0.3, 0.4) is 0 Å². The predicted octanol–water partition coefficient (Wildman–Crippen LogP) is 5.09. The van der Waals surface area contributed by atoms with Gasteiger partial charge in [0.05, 0.1) is 5.57 Å². The largest absolute Gasteiger partial charge is 0.573 e. The first kappa shape index (κ1) is 21.7. The molecule has 0 aliphatic carbocycles. The molecule has 158 valence electrons. The molecule has 0 radical (unpaired) electrons. The van der Waals surface area contributed by atoms with Gasteiger partial charge in [0, 0.05) is 17.3 Å². The number of nitrogens with zero attached hydrogens (tertiary/aromatic N) is 1. The number of hydrogen-bond donors (Lipinski definition) is 1. The molecule has 1 aliphatic rings. The Morgan fingerprint density at radius 3 is 2.13 bits per heavy atom. The predicted molar refractivity (Wildman–Crippen MR) is 107 cm³/mol. The molecule has 1 heterocycles. The average molecular weight is 439 g/mol. The van der Waals surface area contributed by atoms with Crippen molar-refractivity contribution >= 4 is 34.7 Å². The standard InChI is InChI=1S/C21H18ClF3N2O3/c1-12(2)11-27-19(28)17(13-3-5-14(22)6-4-13)18(20(27)29)26-15-7-9-16(10-8-15)30-21(23,24)25/h3-10,12,26H,11H2,1-2H3. The van der Waals surface area contributed by atoms with E-state index in [1.807, 2.05) is 13.8 Å². The lowest BCUT2D eigenvalue weighted by Crippen LogP contribution is -2.35. The SMILES string of the molecule is CC(C)CN1C(=O)C(Nc2ccc(OC(F)(F)F)cc2)=C(c2ccc(Cl)cc2)C1=O. The van der Waals surface area contributed by atoms with Gasteiger partial charge in [-0.1, -0.05) is 37.6 Å². The first-order valence-corrected chi connectivity index (χ1v) is 9.42. The van der Waals surface area contributed by atoms with Crippen molar-refractivity contribution in [2.75, 3.05) is 11.9 Å². The molecule has 0 bridgehead atoms. The van der Waals surface area contributed by atoms with Gasteiger partial charge in [0.15, 0.2) is 0 Å². The Balaban J connectivity index is 1.95. The molecule has 0 unspecified atom stereocenters. The Bertz CT molecular complexity index is 984. The van der Waals surface area contributed by atoms with Crippen molar-refractivity contribution in [3.63, 3.8) is 0 Å². The zero-order chi connectivity index (χ0) is 22.1. The number of rotatable bonds is 6. The van der Waals surface area contributed by atoms with Gasteiger partial charge in [-0.25, -0.2) is 0 Å². The minimum absolute atomic E-state index is 0.0486. The van der Waals surface area contributed by atoms with E-state index in [0.717, 1.165) is 17.0 Å². The molecule has 9 heteroatoms. The molecule has 0 saturated carbocycles. The van der Waals surface area contributed by atoms with Crippen molar-refractivity contribution in [1.82, 2.24) is 4.90 Å². The summed E-state index contributed by atoms with van der Waals surface area (Å²) in [5.74, 6) is -1.29. The number of imide groups is 1. The number of nitrogens with one attached hydrogen (secondary N) is 1. The van der Waals surface area contributed by atoms with Gasteiger partial charge >= 0.3 is 6.36 Å². The highest BCUT2D eigenvalue weighted by atomic mass is 35.5. The minimum atomic E-state index is -4.80. The number of benzene rings is 2. The fraction of sp³-hybridized carbons (Fsp3) is 0.238. The van der Waals surface area contributed by atoms with Crippen molar-refractivity contribution in [2.24, 2.45) is 5.92 Å². The first-order chi connectivity index (χ1) is 14.0. The zero-order valence-corrected chi connectivity index (χ0v) is 16.8. The Kier molecular flexibility index (Phi) is 6.07. The molecular formula is C21H18ClF3N2O3. The van der Waals surface area contributed by atoms with Crippen LogP contribution < -0.4 is 10.1 Å².